The summed E-state index contributed by atoms with van der Waals surface area (Å²) in [4.78, 5) is 24.1. The minimum atomic E-state index is -0.664. The van der Waals surface area contributed by atoms with Crippen molar-refractivity contribution in [3.63, 3.8) is 0 Å². The van der Waals surface area contributed by atoms with Crippen molar-refractivity contribution >= 4 is 22.9 Å². The van der Waals surface area contributed by atoms with E-state index in [1.54, 1.807) is 23.0 Å². The number of aromatic nitrogens is 5. The number of imidazole rings is 1. The first-order valence-electron chi connectivity index (χ1n) is 11.8. The number of fused-ring (bicyclic) bond motifs is 2. The third kappa shape index (κ3) is 3.89. The molecule has 1 saturated heterocycles. The van der Waals surface area contributed by atoms with E-state index in [1.807, 2.05) is 37.8 Å². The number of hydrogen-bond acceptors (Lipinski definition) is 7. The Bertz CT molecular complexity index is 1380. The van der Waals surface area contributed by atoms with E-state index in [0.29, 0.717) is 23.7 Å². The Kier molecular flexibility index (Phi) is 5.18. The third-order valence-corrected chi connectivity index (χ3v) is 6.96. The molecule has 10 nitrogen and oxygen atoms in total. The van der Waals surface area contributed by atoms with Gasteiger partial charge in [0.25, 0.3) is 5.91 Å². The number of nitrogens with zero attached hydrogens (tertiary/aromatic N) is 6. The maximum atomic E-state index is 13.3. The summed E-state index contributed by atoms with van der Waals surface area (Å²) in [5, 5.41) is 17.2. The highest BCUT2D eigenvalue weighted by molar-refractivity contribution is 6.09. The van der Waals surface area contributed by atoms with E-state index in [9.17, 15) is 9.90 Å². The molecule has 0 bridgehead atoms. The molecule has 0 aliphatic carbocycles. The highest BCUT2D eigenvalue weighted by Crippen LogP contribution is 2.43. The average Bonchev–Trinajstić information content (AvgIpc) is 3.62. The minimum Gasteiger partial charge on any atom is -0.484 e. The number of ether oxygens (including phenoxy) is 1. The Labute approximate surface area is 202 Å². The monoisotopic (exact) mass is 473 g/mol. The number of hydrogen-bond donors (Lipinski definition) is 2. The fourth-order valence-electron chi connectivity index (χ4n) is 5.07. The van der Waals surface area contributed by atoms with Crippen LogP contribution in [0.15, 0.2) is 55.5 Å². The number of aliphatic hydroxyl groups is 1. The zero-order valence-corrected chi connectivity index (χ0v) is 19.5. The zero-order chi connectivity index (χ0) is 24.0. The van der Waals surface area contributed by atoms with Crippen LogP contribution in [0.25, 0.3) is 5.65 Å². The molecule has 1 unspecified atom stereocenters. The van der Waals surface area contributed by atoms with E-state index in [0.717, 1.165) is 48.6 Å². The zero-order valence-electron chi connectivity index (χ0n) is 19.5. The molecule has 0 spiro atoms. The van der Waals surface area contributed by atoms with Crippen LogP contribution in [0.1, 0.15) is 41.7 Å². The van der Waals surface area contributed by atoms with Crippen molar-refractivity contribution < 1.29 is 14.6 Å². The normalized spacial score (nSPS) is 20.1. The van der Waals surface area contributed by atoms with Crippen molar-refractivity contribution in [2.75, 3.05) is 29.9 Å². The number of amides is 1. The number of aliphatic hydroxyl groups excluding tert-OH is 1. The van der Waals surface area contributed by atoms with Crippen molar-refractivity contribution in [2.45, 2.75) is 37.8 Å². The average molecular weight is 474 g/mol. The van der Waals surface area contributed by atoms with Gasteiger partial charge in [-0.25, -0.2) is 14.5 Å². The number of carbonyl (C=O) groups is 1. The molecule has 35 heavy (non-hydrogen) atoms. The summed E-state index contributed by atoms with van der Waals surface area (Å²) in [6.07, 6.45) is 13.1. The lowest BCUT2D eigenvalue weighted by Gasteiger charge is -2.35. The molecule has 10 heteroatoms. The van der Waals surface area contributed by atoms with Crippen molar-refractivity contribution in [2.24, 2.45) is 0 Å². The predicted octanol–water partition coefficient (Wildman–Crippen LogP) is 2.71. The second kappa shape index (κ2) is 8.38. The topological polar surface area (TPSA) is 110 Å². The first kappa shape index (κ1) is 21.6. The van der Waals surface area contributed by atoms with Gasteiger partial charge in [0.1, 0.15) is 16.9 Å². The van der Waals surface area contributed by atoms with E-state index >= 15 is 0 Å². The molecule has 2 aliphatic heterocycles. The summed E-state index contributed by atoms with van der Waals surface area (Å²) in [5.41, 5.74) is 2.84. The molecule has 2 N–H and O–H groups in total. The third-order valence-electron chi connectivity index (χ3n) is 6.96. The molecule has 2 aliphatic rings. The highest BCUT2D eigenvalue weighted by Gasteiger charge is 2.36. The maximum absolute atomic E-state index is 13.3. The SMILES string of the molecule is CC1(CO)Cc2cc(NC(=O)c3cnn4cccnc34)c(N3CCC(n4ccnc4)CC3)cc2O1. The smallest absolute Gasteiger partial charge is 0.261 e. The van der Waals surface area contributed by atoms with Crippen LogP contribution in [0.3, 0.4) is 0 Å². The Morgan fingerprint density at radius 1 is 1.26 bits per heavy atom. The molecule has 3 aromatic heterocycles. The summed E-state index contributed by atoms with van der Waals surface area (Å²) in [6.45, 7) is 3.48. The van der Waals surface area contributed by atoms with Gasteiger partial charge in [0.05, 0.1) is 30.5 Å². The molecular weight excluding hydrogens is 446 g/mol. The Morgan fingerprint density at radius 2 is 2.11 bits per heavy atom. The molecule has 6 rings (SSSR count). The van der Waals surface area contributed by atoms with Gasteiger partial charge in [0, 0.05) is 62.0 Å². The van der Waals surface area contributed by atoms with Crippen LogP contribution in [0.4, 0.5) is 11.4 Å². The van der Waals surface area contributed by atoms with Crippen molar-refractivity contribution in [1.29, 1.82) is 0 Å². The van der Waals surface area contributed by atoms with Crippen molar-refractivity contribution in [3.05, 3.63) is 66.6 Å². The molecule has 0 radical (unpaired) electrons. The van der Waals surface area contributed by atoms with Crippen LogP contribution in [0.2, 0.25) is 0 Å². The molecule has 1 fully saturated rings. The van der Waals surface area contributed by atoms with Crippen LogP contribution in [0, 0.1) is 0 Å². The number of rotatable bonds is 5. The van der Waals surface area contributed by atoms with Gasteiger partial charge in [-0.05, 0) is 31.9 Å². The second-order valence-corrected chi connectivity index (χ2v) is 9.49. The summed E-state index contributed by atoms with van der Waals surface area (Å²) in [7, 11) is 0. The van der Waals surface area contributed by atoms with Crippen molar-refractivity contribution in [3.8, 4) is 5.75 Å². The summed E-state index contributed by atoms with van der Waals surface area (Å²) in [5.74, 6) is 0.487. The van der Waals surface area contributed by atoms with Gasteiger partial charge in [-0.2, -0.15) is 5.10 Å². The van der Waals surface area contributed by atoms with E-state index in [4.69, 9.17) is 4.74 Å². The second-order valence-electron chi connectivity index (χ2n) is 9.49. The van der Waals surface area contributed by atoms with Crippen LogP contribution < -0.4 is 15.0 Å². The Balaban J connectivity index is 1.31. The molecule has 4 aromatic rings. The van der Waals surface area contributed by atoms with Crippen LogP contribution in [-0.4, -0.2) is 60.5 Å². The van der Waals surface area contributed by atoms with Gasteiger partial charge in [-0.3, -0.25) is 4.79 Å². The number of nitrogens with one attached hydrogen (secondary N) is 1. The predicted molar refractivity (Wildman–Crippen MR) is 130 cm³/mol. The maximum Gasteiger partial charge on any atom is 0.261 e. The Morgan fingerprint density at radius 3 is 2.89 bits per heavy atom. The number of carbonyl (C=O) groups excluding carboxylic acids is 1. The summed E-state index contributed by atoms with van der Waals surface area (Å²) in [6, 6.07) is 6.15. The lowest BCUT2D eigenvalue weighted by Crippen LogP contribution is -2.35. The van der Waals surface area contributed by atoms with Gasteiger partial charge >= 0.3 is 0 Å². The largest absolute Gasteiger partial charge is 0.484 e. The lowest BCUT2D eigenvalue weighted by atomic mass is 9.98. The fourth-order valence-corrected chi connectivity index (χ4v) is 5.07. The molecule has 1 amide bonds. The van der Waals surface area contributed by atoms with Crippen LogP contribution >= 0.6 is 0 Å². The van der Waals surface area contributed by atoms with Crippen molar-refractivity contribution in [1.82, 2.24) is 24.1 Å². The Hall–Kier alpha value is -3.92. The molecule has 180 valence electrons. The van der Waals surface area contributed by atoms with E-state index in [-0.39, 0.29) is 12.5 Å². The first-order valence-corrected chi connectivity index (χ1v) is 11.8. The fraction of sp³-hybridized carbons (Fsp3) is 0.360. The van der Waals surface area contributed by atoms with E-state index in [1.165, 1.54) is 6.20 Å². The van der Waals surface area contributed by atoms with Gasteiger partial charge in [0.15, 0.2) is 5.65 Å². The van der Waals surface area contributed by atoms with Crippen LogP contribution in [0.5, 0.6) is 5.75 Å². The highest BCUT2D eigenvalue weighted by atomic mass is 16.5. The van der Waals surface area contributed by atoms with Gasteiger partial charge in [0.2, 0.25) is 0 Å². The molecule has 1 aromatic carbocycles. The molecule has 1 atom stereocenters. The van der Waals surface area contributed by atoms with Gasteiger partial charge < -0.3 is 24.6 Å². The molecule has 0 saturated carbocycles. The number of benzene rings is 1. The first-order chi connectivity index (χ1) is 17.0. The van der Waals surface area contributed by atoms with Crippen LogP contribution in [-0.2, 0) is 6.42 Å². The molecule has 5 heterocycles. The van der Waals surface area contributed by atoms with E-state index in [2.05, 4.69) is 29.9 Å². The minimum absolute atomic E-state index is 0.0803. The summed E-state index contributed by atoms with van der Waals surface area (Å²) < 4.78 is 9.87. The molecular formula is C25H27N7O3. The summed E-state index contributed by atoms with van der Waals surface area (Å²) >= 11 is 0. The standard InChI is InChI=1S/C25H27N7O3/c1-25(15-33)13-17-11-20(29-24(34)19-14-28-32-7-2-5-27-23(19)32)21(12-22(17)35-25)30-8-3-18(4-9-30)31-10-6-26-16-31/h2,5-7,10-12,14,16,18,33H,3-4,8-9,13,15H2,1H3,(H,29,34). The lowest BCUT2D eigenvalue weighted by molar-refractivity contribution is 0.0447. The van der Waals surface area contributed by atoms with Gasteiger partial charge in [-0.15, -0.1) is 0 Å². The van der Waals surface area contributed by atoms with E-state index < -0.39 is 5.60 Å². The number of anilines is 2. The number of piperidine rings is 1. The van der Waals surface area contributed by atoms with Gasteiger partial charge in [-0.1, -0.05) is 0 Å². The quantitative estimate of drug-likeness (QED) is 0.459.